The highest BCUT2D eigenvalue weighted by atomic mass is 32.2. The third-order valence-electron chi connectivity index (χ3n) is 5.44. The minimum Gasteiger partial charge on any atom is -0.493 e. The lowest BCUT2D eigenvalue weighted by molar-refractivity contribution is 0.112. The zero-order valence-electron chi connectivity index (χ0n) is 18.7. The molecule has 7 nitrogen and oxygen atoms in total. The maximum Gasteiger partial charge on any atom is 0.268 e. The fraction of sp³-hybridized carbons (Fsp3) is 0.160. The molecule has 8 heteroatoms. The van der Waals surface area contributed by atoms with Gasteiger partial charge in [-0.1, -0.05) is 29.8 Å². The van der Waals surface area contributed by atoms with E-state index in [0.29, 0.717) is 28.5 Å². The second kappa shape index (κ2) is 8.63. The molecule has 0 radical (unpaired) electrons. The summed E-state index contributed by atoms with van der Waals surface area (Å²) < 4.78 is 45.4. The second-order valence-electron chi connectivity index (χ2n) is 7.40. The molecule has 0 unspecified atom stereocenters. The Balaban J connectivity index is 2.19. The molecule has 1 heterocycles. The van der Waals surface area contributed by atoms with Crippen molar-refractivity contribution < 1.29 is 27.4 Å². The number of benzene rings is 3. The van der Waals surface area contributed by atoms with Gasteiger partial charge in [0, 0.05) is 10.9 Å². The van der Waals surface area contributed by atoms with Gasteiger partial charge in [0.05, 0.1) is 43.0 Å². The predicted octanol–water partition coefficient (Wildman–Crippen LogP) is 4.69. The molecule has 0 saturated carbocycles. The molecule has 0 bridgehead atoms. The van der Waals surface area contributed by atoms with E-state index in [1.807, 2.05) is 19.1 Å². The van der Waals surface area contributed by atoms with Crippen LogP contribution in [0.4, 0.5) is 0 Å². The van der Waals surface area contributed by atoms with Crippen molar-refractivity contribution in [3.05, 3.63) is 71.8 Å². The summed E-state index contributed by atoms with van der Waals surface area (Å²) in [5.74, 6) is 0.748. The first-order chi connectivity index (χ1) is 15.9. The van der Waals surface area contributed by atoms with Crippen molar-refractivity contribution in [3.8, 4) is 28.5 Å². The highest BCUT2D eigenvalue weighted by molar-refractivity contribution is 7.90. The quantitative estimate of drug-likeness (QED) is 0.368. The highest BCUT2D eigenvalue weighted by Crippen LogP contribution is 2.48. The van der Waals surface area contributed by atoms with Crippen molar-refractivity contribution in [2.24, 2.45) is 0 Å². The van der Waals surface area contributed by atoms with E-state index in [4.69, 9.17) is 14.2 Å². The summed E-state index contributed by atoms with van der Waals surface area (Å²) in [6.07, 6.45) is 0.641. The molecule has 0 spiro atoms. The van der Waals surface area contributed by atoms with Crippen molar-refractivity contribution in [3.63, 3.8) is 0 Å². The van der Waals surface area contributed by atoms with Gasteiger partial charge in [-0.2, -0.15) is 0 Å². The van der Waals surface area contributed by atoms with E-state index in [0.717, 1.165) is 5.56 Å². The van der Waals surface area contributed by atoms with Gasteiger partial charge < -0.3 is 14.2 Å². The van der Waals surface area contributed by atoms with Crippen LogP contribution in [0.25, 0.3) is 22.2 Å². The summed E-state index contributed by atoms with van der Waals surface area (Å²) in [5, 5.41) is 0.707. The summed E-state index contributed by atoms with van der Waals surface area (Å²) in [7, 11) is 0.301. The maximum absolute atomic E-state index is 13.8. The third-order valence-corrected chi connectivity index (χ3v) is 7.18. The molecule has 0 N–H and O–H groups in total. The zero-order chi connectivity index (χ0) is 23.8. The fourth-order valence-corrected chi connectivity index (χ4v) is 5.51. The van der Waals surface area contributed by atoms with E-state index in [1.54, 1.807) is 30.3 Å². The van der Waals surface area contributed by atoms with Crippen molar-refractivity contribution >= 4 is 27.2 Å². The molecule has 0 aliphatic heterocycles. The molecule has 0 aliphatic rings. The van der Waals surface area contributed by atoms with Crippen LogP contribution in [0.5, 0.6) is 17.2 Å². The zero-order valence-corrected chi connectivity index (χ0v) is 19.5. The van der Waals surface area contributed by atoms with Gasteiger partial charge in [-0.05, 0) is 43.3 Å². The van der Waals surface area contributed by atoms with E-state index in [1.165, 1.54) is 43.5 Å². The molecule has 0 amide bonds. The average molecular weight is 466 g/mol. The number of ether oxygens (including phenoxy) is 3. The number of nitrogens with zero attached hydrogens (tertiary/aromatic N) is 1. The van der Waals surface area contributed by atoms with E-state index < -0.39 is 10.0 Å². The van der Waals surface area contributed by atoms with Gasteiger partial charge in [-0.3, -0.25) is 4.79 Å². The van der Waals surface area contributed by atoms with Crippen molar-refractivity contribution in [2.45, 2.75) is 11.8 Å². The van der Waals surface area contributed by atoms with Gasteiger partial charge in [0.15, 0.2) is 17.8 Å². The fourth-order valence-electron chi connectivity index (χ4n) is 3.97. The molecule has 33 heavy (non-hydrogen) atoms. The molecule has 0 saturated heterocycles. The largest absolute Gasteiger partial charge is 0.493 e. The highest BCUT2D eigenvalue weighted by Gasteiger charge is 2.29. The average Bonchev–Trinajstić information content (AvgIpc) is 3.21. The number of fused-ring (bicyclic) bond motifs is 1. The van der Waals surface area contributed by atoms with Crippen LogP contribution in [0, 0.1) is 6.92 Å². The van der Waals surface area contributed by atoms with E-state index in [2.05, 4.69) is 0 Å². The van der Waals surface area contributed by atoms with Gasteiger partial charge in [-0.25, -0.2) is 12.4 Å². The van der Waals surface area contributed by atoms with Crippen LogP contribution >= 0.6 is 0 Å². The summed E-state index contributed by atoms with van der Waals surface area (Å²) in [5.41, 5.74) is 2.22. The first-order valence-corrected chi connectivity index (χ1v) is 11.5. The molecule has 4 rings (SSSR count). The minimum absolute atomic E-state index is 0.122. The molecule has 3 aromatic carbocycles. The molecule has 4 aromatic rings. The lowest BCUT2D eigenvalue weighted by Gasteiger charge is -2.19. The SMILES string of the molecule is COc1cc(C=O)c(-c2cc3cc(C)ccc3n2S(=O)(=O)c2ccccc2)c(OC)c1OC. The third kappa shape index (κ3) is 3.62. The number of aromatic nitrogens is 1. The molecule has 0 fully saturated rings. The second-order valence-corrected chi connectivity index (χ2v) is 9.19. The van der Waals surface area contributed by atoms with Crippen molar-refractivity contribution in [1.82, 2.24) is 3.97 Å². The standard InChI is InChI=1S/C25H23NO6S/c1-16-10-11-20-17(12-16)13-21(26(20)33(28,29)19-8-6-5-7-9-19)23-18(15-27)14-22(30-2)24(31-3)25(23)32-4/h5-15H,1-4H3. The molecule has 0 atom stereocenters. The monoisotopic (exact) mass is 465 g/mol. The van der Waals surface area contributed by atoms with E-state index >= 15 is 0 Å². The lowest BCUT2D eigenvalue weighted by Crippen LogP contribution is -2.15. The van der Waals surface area contributed by atoms with Crippen molar-refractivity contribution in [1.29, 1.82) is 0 Å². The maximum atomic E-state index is 13.8. The van der Waals surface area contributed by atoms with Gasteiger partial charge in [0.1, 0.15) is 0 Å². The van der Waals surface area contributed by atoms with Crippen LogP contribution in [0.1, 0.15) is 15.9 Å². The number of carbonyl (C=O) groups is 1. The number of aldehydes is 1. The van der Waals surface area contributed by atoms with Crippen LogP contribution in [-0.4, -0.2) is 40.0 Å². The number of hydrogen-bond acceptors (Lipinski definition) is 6. The summed E-state index contributed by atoms with van der Waals surface area (Å²) >= 11 is 0. The number of carbonyl (C=O) groups excluding carboxylic acids is 1. The first-order valence-electron chi connectivity index (χ1n) is 10.1. The Morgan fingerprint density at radius 2 is 1.55 bits per heavy atom. The molecule has 1 aromatic heterocycles. The van der Waals surface area contributed by atoms with Crippen molar-refractivity contribution in [2.75, 3.05) is 21.3 Å². The smallest absolute Gasteiger partial charge is 0.268 e. The summed E-state index contributed by atoms with van der Waals surface area (Å²) in [6, 6.07) is 16.9. The summed E-state index contributed by atoms with van der Waals surface area (Å²) in [6.45, 7) is 1.93. The van der Waals surface area contributed by atoms with Gasteiger partial charge >= 0.3 is 0 Å². The Labute approximate surface area is 192 Å². The molecular weight excluding hydrogens is 442 g/mol. The van der Waals surface area contributed by atoms with Crippen LogP contribution in [0.3, 0.4) is 0 Å². The Kier molecular flexibility index (Phi) is 5.86. The van der Waals surface area contributed by atoms with E-state index in [-0.39, 0.29) is 27.7 Å². The Morgan fingerprint density at radius 3 is 2.15 bits per heavy atom. The predicted molar refractivity (Wildman–Crippen MR) is 126 cm³/mol. The van der Waals surface area contributed by atoms with Crippen LogP contribution in [0.2, 0.25) is 0 Å². The van der Waals surface area contributed by atoms with Gasteiger partial charge in [0.2, 0.25) is 5.75 Å². The minimum atomic E-state index is -4.03. The molecular formula is C25H23NO6S. The summed E-state index contributed by atoms with van der Waals surface area (Å²) in [4.78, 5) is 12.2. The lowest BCUT2D eigenvalue weighted by atomic mass is 10.0. The number of hydrogen-bond donors (Lipinski definition) is 0. The molecule has 0 aliphatic carbocycles. The van der Waals surface area contributed by atoms with Gasteiger partial charge in [-0.15, -0.1) is 0 Å². The normalized spacial score (nSPS) is 11.4. The van der Waals surface area contributed by atoms with Crippen LogP contribution in [-0.2, 0) is 10.0 Å². The van der Waals surface area contributed by atoms with Gasteiger partial charge in [0.25, 0.3) is 10.0 Å². The molecule has 170 valence electrons. The number of aryl methyl sites for hydroxylation is 1. The number of methoxy groups -OCH3 is 3. The Morgan fingerprint density at radius 1 is 0.848 bits per heavy atom. The Bertz CT molecular complexity index is 1460. The first kappa shape index (κ1) is 22.4. The number of rotatable bonds is 7. The Hall–Kier alpha value is -3.78. The topological polar surface area (TPSA) is 83.8 Å². The van der Waals surface area contributed by atoms with Crippen LogP contribution in [0.15, 0.2) is 65.6 Å². The van der Waals surface area contributed by atoms with Crippen LogP contribution < -0.4 is 14.2 Å². The van der Waals surface area contributed by atoms with E-state index in [9.17, 15) is 13.2 Å².